The third kappa shape index (κ3) is 5.13. The van der Waals surface area contributed by atoms with Gasteiger partial charge in [-0.25, -0.2) is 4.79 Å². The first-order valence-electron chi connectivity index (χ1n) is 7.30. The van der Waals surface area contributed by atoms with Gasteiger partial charge in [0.15, 0.2) is 11.5 Å². The highest BCUT2D eigenvalue weighted by Crippen LogP contribution is 2.28. The summed E-state index contributed by atoms with van der Waals surface area (Å²) in [4.78, 5) is 14.1. The van der Waals surface area contributed by atoms with E-state index in [1.807, 2.05) is 41.5 Å². The number of benzene rings is 1. The summed E-state index contributed by atoms with van der Waals surface area (Å²) in [6.45, 7) is 11.8. The Bertz CT molecular complexity index is 526. The van der Waals surface area contributed by atoms with Crippen LogP contribution in [0.5, 0.6) is 11.5 Å². The van der Waals surface area contributed by atoms with Crippen LogP contribution in [-0.2, 0) is 11.3 Å². The summed E-state index contributed by atoms with van der Waals surface area (Å²) in [6, 6.07) is 5.05. The van der Waals surface area contributed by atoms with E-state index >= 15 is 0 Å². The van der Waals surface area contributed by atoms with Gasteiger partial charge in [-0.1, -0.05) is 6.07 Å². The summed E-state index contributed by atoms with van der Waals surface area (Å²) in [7, 11) is 1.49. The zero-order chi connectivity index (χ0) is 17.1. The summed E-state index contributed by atoms with van der Waals surface area (Å²) in [5.74, 6) is 0.460. The van der Waals surface area contributed by atoms with Crippen molar-refractivity contribution in [2.45, 2.75) is 59.2 Å². The molecule has 1 aromatic carbocycles. The molecule has 1 rings (SSSR count). The van der Waals surface area contributed by atoms with E-state index in [2.05, 4.69) is 0 Å². The zero-order valence-corrected chi connectivity index (χ0v) is 14.6. The SMILES string of the molecule is COc1cc(CN(C(=O)OC(C)(C)C)C(C)(C)C)ccc1O. The zero-order valence-electron chi connectivity index (χ0n) is 14.6. The lowest BCUT2D eigenvalue weighted by atomic mass is 10.0. The molecule has 0 bridgehead atoms. The number of ether oxygens (including phenoxy) is 2. The molecule has 0 fully saturated rings. The largest absolute Gasteiger partial charge is 0.504 e. The second kappa shape index (κ2) is 6.46. The lowest BCUT2D eigenvalue weighted by molar-refractivity contribution is 0.00370. The van der Waals surface area contributed by atoms with E-state index in [9.17, 15) is 9.90 Å². The first kappa shape index (κ1) is 18.1. The van der Waals surface area contributed by atoms with Crippen LogP contribution in [0.1, 0.15) is 47.1 Å². The monoisotopic (exact) mass is 309 g/mol. The molecule has 0 spiro atoms. The molecule has 0 aliphatic carbocycles. The number of carbonyl (C=O) groups excluding carboxylic acids is 1. The van der Waals surface area contributed by atoms with Gasteiger partial charge in [-0.15, -0.1) is 0 Å². The highest BCUT2D eigenvalue weighted by molar-refractivity contribution is 5.69. The fourth-order valence-electron chi connectivity index (χ4n) is 1.90. The topological polar surface area (TPSA) is 59.0 Å². The lowest BCUT2D eigenvalue weighted by Gasteiger charge is -2.37. The van der Waals surface area contributed by atoms with Crippen LogP contribution >= 0.6 is 0 Å². The number of hydrogen-bond acceptors (Lipinski definition) is 4. The number of rotatable bonds is 3. The molecule has 0 radical (unpaired) electrons. The molecule has 0 atom stereocenters. The van der Waals surface area contributed by atoms with Crippen LogP contribution in [0.2, 0.25) is 0 Å². The molecule has 0 aliphatic heterocycles. The van der Waals surface area contributed by atoms with Crippen molar-refractivity contribution in [3.05, 3.63) is 23.8 Å². The van der Waals surface area contributed by atoms with Crippen molar-refractivity contribution in [1.29, 1.82) is 0 Å². The number of nitrogens with zero attached hydrogens (tertiary/aromatic N) is 1. The van der Waals surface area contributed by atoms with Crippen molar-refractivity contribution >= 4 is 6.09 Å². The number of amides is 1. The average Bonchev–Trinajstić information content (AvgIpc) is 2.33. The molecule has 22 heavy (non-hydrogen) atoms. The van der Waals surface area contributed by atoms with Gasteiger partial charge in [0, 0.05) is 12.1 Å². The quantitative estimate of drug-likeness (QED) is 0.919. The normalized spacial score (nSPS) is 12.0. The molecule has 1 aromatic rings. The minimum absolute atomic E-state index is 0.0748. The Morgan fingerprint density at radius 2 is 1.77 bits per heavy atom. The maximum absolute atomic E-state index is 12.5. The van der Waals surface area contributed by atoms with Gasteiger partial charge in [0.25, 0.3) is 0 Å². The second-order valence-corrected chi connectivity index (χ2v) is 7.24. The molecule has 1 amide bonds. The van der Waals surface area contributed by atoms with Gasteiger partial charge in [-0.05, 0) is 59.2 Å². The van der Waals surface area contributed by atoms with Crippen molar-refractivity contribution < 1.29 is 19.4 Å². The minimum Gasteiger partial charge on any atom is -0.504 e. The number of aromatic hydroxyl groups is 1. The van der Waals surface area contributed by atoms with Crippen LogP contribution in [0, 0.1) is 0 Å². The molecule has 0 heterocycles. The Morgan fingerprint density at radius 3 is 2.23 bits per heavy atom. The predicted molar refractivity (Wildman–Crippen MR) is 86.2 cm³/mol. The maximum Gasteiger partial charge on any atom is 0.411 e. The van der Waals surface area contributed by atoms with Crippen LogP contribution < -0.4 is 4.74 Å². The predicted octanol–water partition coefficient (Wildman–Crippen LogP) is 3.94. The Hall–Kier alpha value is -1.91. The van der Waals surface area contributed by atoms with Crippen LogP contribution in [-0.4, -0.2) is 34.3 Å². The van der Waals surface area contributed by atoms with Gasteiger partial charge < -0.3 is 14.6 Å². The summed E-state index contributed by atoms with van der Waals surface area (Å²) in [5, 5.41) is 9.66. The van der Waals surface area contributed by atoms with Crippen molar-refractivity contribution in [1.82, 2.24) is 4.90 Å². The Labute approximate surface area is 132 Å². The number of phenols is 1. The lowest BCUT2D eigenvalue weighted by Crippen LogP contribution is -2.47. The summed E-state index contributed by atoms with van der Waals surface area (Å²) in [5.41, 5.74) is -0.0869. The molecule has 0 aliphatic rings. The average molecular weight is 309 g/mol. The third-order valence-electron chi connectivity index (χ3n) is 3.01. The Kier molecular flexibility index (Phi) is 5.33. The molecule has 0 saturated heterocycles. The van der Waals surface area contributed by atoms with Crippen LogP contribution in [0.3, 0.4) is 0 Å². The molecular weight excluding hydrogens is 282 g/mol. The number of carbonyl (C=O) groups is 1. The summed E-state index contributed by atoms with van der Waals surface area (Å²) in [6.07, 6.45) is -0.368. The molecule has 1 N–H and O–H groups in total. The van der Waals surface area contributed by atoms with E-state index in [4.69, 9.17) is 9.47 Å². The van der Waals surface area contributed by atoms with Gasteiger partial charge in [-0.2, -0.15) is 0 Å². The number of hydrogen-bond donors (Lipinski definition) is 1. The molecule has 0 saturated carbocycles. The third-order valence-corrected chi connectivity index (χ3v) is 3.01. The van der Waals surface area contributed by atoms with E-state index < -0.39 is 11.1 Å². The van der Waals surface area contributed by atoms with Crippen LogP contribution in [0.15, 0.2) is 18.2 Å². The first-order valence-corrected chi connectivity index (χ1v) is 7.30. The van der Waals surface area contributed by atoms with Gasteiger partial charge >= 0.3 is 6.09 Å². The van der Waals surface area contributed by atoms with E-state index in [1.54, 1.807) is 23.1 Å². The van der Waals surface area contributed by atoms with Gasteiger partial charge in [0.1, 0.15) is 5.60 Å². The Morgan fingerprint density at radius 1 is 1.18 bits per heavy atom. The van der Waals surface area contributed by atoms with Gasteiger partial charge in [0.2, 0.25) is 0 Å². The van der Waals surface area contributed by atoms with E-state index in [1.165, 1.54) is 7.11 Å². The van der Waals surface area contributed by atoms with Gasteiger partial charge in [0.05, 0.1) is 7.11 Å². The molecule has 124 valence electrons. The highest BCUT2D eigenvalue weighted by Gasteiger charge is 2.30. The van der Waals surface area contributed by atoms with E-state index in [-0.39, 0.29) is 11.8 Å². The smallest absolute Gasteiger partial charge is 0.411 e. The number of methoxy groups -OCH3 is 1. The van der Waals surface area contributed by atoms with E-state index in [0.717, 1.165) is 5.56 Å². The molecule has 5 nitrogen and oxygen atoms in total. The number of phenolic OH excluding ortho intramolecular Hbond substituents is 1. The molecule has 5 heteroatoms. The molecule has 0 aromatic heterocycles. The van der Waals surface area contributed by atoms with Crippen molar-refractivity contribution in [2.24, 2.45) is 0 Å². The standard InChI is InChI=1S/C17H27NO4/c1-16(2,3)18(15(20)22-17(4,5)6)11-12-8-9-13(19)14(10-12)21-7/h8-10,19H,11H2,1-7H3. The van der Waals surface area contributed by atoms with Crippen LogP contribution in [0.25, 0.3) is 0 Å². The minimum atomic E-state index is -0.548. The summed E-state index contributed by atoms with van der Waals surface area (Å²) < 4.78 is 10.6. The highest BCUT2D eigenvalue weighted by atomic mass is 16.6. The van der Waals surface area contributed by atoms with E-state index in [0.29, 0.717) is 12.3 Å². The van der Waals surface area contributed by atoms with Gasteiger partial charge in [-0.3, -0.25) is 4.90 Å². The summed E-state index contributed by atoms with van der Waals surface area (Å²) >= 11 is 0. The fourth-order valence-corrected chi connectivity index (χ4v) is 1.90. The van der Waals surface area contributed by atoms with Crippen molar-refractivity contribution in [2.75, 3.05) is 7.11 Å². The van der Waals surface area contributed by atoms with Crippen LogP contribution in [0.4, 0.5) is 4.79 Å². The fraction of sp³-hybridized carbons (Fsp3) is 0.588. The maximum atomic E-state index is 12.5. The Balaban J connectivity index is 3.02. The van der Waals surface area contributed by atoms with Crippen molar-refractivity contribution in [3.8, 4) is 11.5 Å². The first-order chi connectivity index (χ1) is 9.94. The second-order valence-electron chi connectivity index (χ2n) is 7.24. The van der Waals surface area contributed by atoms with Crippen molar-refractivity contribution in [3.63, 3.8) is 0 Å². The molecule has 0 unspecified atom stereocenters. The molecular formula is C17H27NO4.